The van der Waals surface area contributed by atoms with Crippen LogP contribution in [-0.4, -0.2) is 31.4 Å². The third kappa shape index (κ3) is 3.73. The number of thiophene rings is 1. The molecule has 2 N–H and O–H groups in total. The van der Waals surface area contributed by atoms with E-state index in [1.54, 1.807) is 17.5 Å². The number of H-pyrrole nitrogens is 1. The van der Waals surface area contributed by atoms with Gasteiger partial charge in [-0.05, 0) is 37.7 Å². The number of anilines is 1. The van der Waals surface area contributed by atoms with Gasteiger partial charge in [0.15, 0.2) is 0 Å². The Morgan fingerprint density at radius 3 is 3.03 bits per heavy atom. The predicted octanol–water partition coefficient (Wildman–Crippen LogP) is 3.66. The van der Waals surface area contributed by atoms with Crippen molar-refractivity contribution in [1.29, 1.82) is 0 Å². The van der Waals surface area contributed by atoms with Crippen LogP contribution in [0.15, 0.2) is 17.1 Å². The van der Waals surface area contributed by atoms with E-state index in [9.17, 15) is 9.59 Å². The molecule has 152 valence electrons. The van der Waals surface area contributed by atoms with Crippen molar-refractivity contribution < 1.29 is 4.79 Å². The Morgan fingerprint density at radius 1 is 1.31 bits per heavy atom. The number of nitrogens with zero attached hydrogens (tertiary/aromatic N) is 3. The van der Waals surface area contributed by atoms with Crippen molar-refractivity contribution in [1.82, 2.24) is 19.7 Å². The van der Waals surface area contributed by atoms with Gasteiger partial charge in [0.1, 0.15) is 16.5 Å². The van der Waals surface area contributed by atoms with E-state index in [4.69, 9.17) is 0 Å². The topological polar surface area (TPSA) is 92.7 Å². The zero-order valence-electron chi connectivity index (χ0n) is 16.1. The average Bonchev–Trinajstić information content (AvgIpc) is 3.45. The molecule has 3 aromatic heterocycles. The summed E-state index contributed by atoms with van der Waals surface area (Å²) in [6.07, 6.45) is 9.57. The minimum absolute atomic E-state index is 0.0464. The molecule has 0 radical (unpaired) electrons. The smallest absolute Gasteiger partial charge is 0.259 e. The Balaban J connectivity index is 1.20. The third-order valence-electron chi connectivity index (χ3n) is 5.70. The third-order valence-corrected chi connectivity index (χ3v) is 7.83. The van der Waals surface area contributed by atoms with Crippen LogP contribution in [0.1, 0.15) is 54.4 Å². The maximum atomic E-state index is 12.5. The summed E-state index contributed by atoms with van der Waals surface area (Å²) in [5.74, 6) is 2.15. The van der Waals surface area contributed by atoms with Gasteiger partial charge >= 0.3 is 0 Å². The maximum Gasteiger partial charge on any atom is 0.259 e. The first kappa shape index (κ1) is 18.9. The molecule has 0 spiro atoms. The molecule has 7 nitrogen and oxygen atoms in total. The monoisotopic (exact) mass is 429 g/mol. The Labute approximate surface area is 176 Å². The molecule has 0 unspecified atom stereocenters. The van der Waals surface area contributed by atoms with Crippen molar-refractivity contribution in [2.24, 2.45) is 0 Å². The second kappa shape index (κ2) is 7.95. The molecule has 5 rings (SSSR count). The summed E-state index contributed by atoms with van der Waals surface area (Å²) >= 11 is 3.09. The summed E-state index contributed by atoms with van der Waals surface area (Å²) in [6.45, 7) is 0. The highest BCUT2D eigenvalue weighted by Gasteiger charge is 2.22. The SMILES string of the molecule is O=C(CSCc1nc2sc3c(c2c(=O)[nH]1)CCC3)Nc1ccnn1C1CCCC1. The molecule has 29 heavy (non-hydrogen) atoms. The number of hydrogen-bond donors (Lipinski definition) is 2. The number of fused-ring (bicyclic) bond motifs is 3. The number of amides is 1. The molecular formula is C20H23N5O2S2. The highest BCUT2D eigenvalue weighted by atomic mass is 32.2. The molecule has 0 atom stereocenters. The van der Waals surface area contributed by atoms with Crippen LogP contribution in [0, 0.1) is 0 Å². The van der Waals surface area contributed by atoms with Crippen LogP contribution in [-0.2, 0) is 23.4 Å². The molecule has 1 fully saturated rings. The molecule has 2 aliphatic carbocycles. The quantitative estimate of drug-likeness (QED) is 0.624. The Hall–Kier alpha value is -2.13. The van der Waals surface area contributed by atoms with Gasteiger partial charge in [0.05, 0.1) is 29.1 Å². The van der Waals surface area contributed by atoms with Crippen molar-refractivity contribution >= 4 is 45.0 Å². The summed E-state index contributed by atoms with van der Waals surface area (Å²) in [6, 6.07) is 2.24. The lowest BCUT2D eigenvalue weighted by molar-refractivity contribution is -0.113. The van der Waals surface area contributed by atoms with Crippen LogP contribution in [0.4, 0.5) is 5.82 Å². The van der Waals surface area contributed by atoms with Crippen LogP contribution in [0.5, 0.6) is 0 Å². The van der Waals surface area contributed by atoms with Gasteiger partial charge < -0.3 is 10.3 Å². The van der Waals surface area contributed by atoms with E-state index in [1.165, 1.54) is 35.0 Å². The number of carbonyl (C=O) groups is 1. The summed E-state index contributed by atoms with van der Waals surface area (Å²) in [5, 5.41) is 8.13. The summed E-state index contributed by atoms with van der Waals surface area (Å²) < 4.78 is 1.94. The van der Waals surface area contributed by atoms with E-state index < -0.39 is 0 Å². The first-order chi connectivity index (χ1) is 14.2. The molecule has 1 saturated carbocycles. The minimum Gasteiger partial charge on any atom is -0.310 e. The number of nitrogens with one attached hydrogen (secondary N) is 2. The number of aryl methyl sites for hydroxylation is 2. The van der Waals surface area contributed by atoms with Crippen molar-refractivity contribution in [2.75, 3.05) is 11.1 Å². The van der Waals surface area contributed by atoms with Gasteiger partial charge in [0.2, 0.25) is 5.91 Å². The number of hydrogen-bond acceptors (Lipinski definition) is 6. The van der Waals surface area contributed by atoms with Gasteiger partial charge in [-0.3, -0.25) is 9.59 Å². The predicted molar refractivity (Wildman–Crippen MR) is 117 cm³/mol. The molecule has 0 aliphatic heterocycles. The fourth-order valence-corrected chi connectivity index (χ4v) is 6.36. The Morgan fingerprint density at radius 2 is 2.17 bits per heavy atom. The van der Waals surface area contributed by atoms with Gasteiger partial charge in [0.25, 0.3) is 5.56 Å². The molecule has 3 aromatic rings. The number of aromatic nitrogens is 4. The summed E-state index contributed by atoms with van der Waals surface area (Å²) in [7, 11) is 0. The molecular weight excluding hydrogens is 406 g/mol. The number of rotatable bonds is 6. The molecule has 3 heterocycles. The van der Waals surface area contributed by atoms with Gasteiger partial charge in [-0.2, -0.15) is 5.10 Å². The molecule has 0 saturated heterocycles. The second-order valence-electron chi connectivity index (χ2n) is 7.69. The minimum atomic E-state index is -0.0618. The summed E-state index contributed by atoms with van der Waals surface area (Å²) in [5.41, 5.74) is 1.14. The fourth-order valence-electron chi connectivity index (χ4n) is 4.39. The van der Waals surface area contributed by atoms with E-state index >= 15 is 0 Å². The maximum absolute atomic E-state index is 12.5. The van der Waals surface area contributed by atoms with E-state index in [2.05, 4.69) is 20.4 Å². The summed E-state index contributed by atoms with van der Waals surface area (Å²) in [4.78, 5) is 34.6. The largest absolute Gasteiger partial charge is 0.310 e. The van der Waals surface area contributed by atoms with Crippen LogP contribution in [0.3, 0.4) is 0 Å². The van der Waals surface area contributed by atoms with Crippen LogP contribution < -0.4 is 10.9 Å². The number of thioether (sulfide) groups is 1. The van der Waals surface area contributed by atoms with E-state index in [0.717, 1.165) is 48.1 Å². The van der Waals surface area contributed by atoms with Crippen molar-refractivity contribution in [3.63, 3.8) is 0 Å². The number of carbonyl (C=O) groups excluding carboxylic acids is 1. The second-order valence-corrected chi connectivity index (χ2v) is 9.76. The first-order valence-corrected chi connectivity index (χ1v) is 12.1. The van der Waals surface area contributed by atoms with Gasteiger partial charge in [-0.25, -0.2) is 9.67 Å². The zero-order chi connectivity index (χ0) is 19.8. The van der Waals surface area contributed by atoms with Crippen molar-refractivity contribution in [3.05, 3.63) is 38.9 Å². The lowest BCUT2D eigenvalue weighted by atomic mass is 10.2. The van der Waals surface area contributed by atoms with Crippen LogP contribution >= 0.6 is 23.1 Å². The van der Waals surface area contributed by atoms with E-state index in [0.29, 0.717) is 23.4 Å². The molecule has 2 aliphatic rings. The molecule has 9 heteroatoms. The Kier molecular flexibility index (Phi) is 5.17. The van der Waals surface area contributed by atoms with Crippen molar-refractivity contribution in [2.45, 2.75) is 56.7 Å². The van der Waals surface area contributed by atoms with Gasteiger partial charge in [-0.1, -0.05) is 12.8 Å². The highest BCUT2D eigenvalue weighted by Crippen LogP contribution is 2.34. The lowest BCUT2D eigenvalue weighted by Gasteiger charge is -2.14. The van der Waals surface area contributed by atoms with Crippen LogP contribution in [0.25, 0.3) is 10.2 Å². The normalized spacial score (nSPS) is 16.6. The average molecular weight is 430 g/mol. The molecule has 0 aromatic carbocycles. The molecule has 0 bridgehead atoms. The standard InChI is InChI=1S/C20H23N5O2S2/c26-17(24-16-8-9-21-25(16)12-4-1-2-5-12)11-28-10-15-22-19(27)18-13-6-3-7-14(13)29-20(18)23-15/h8-9,12H,1-7,10-11H2,(H,24,26)(H,22,23,27). The molecule has 1 amide bonds. The zero-order valence-corrected chi connectivity index (χ0v) is 17.7. The van der Waals surface area contributed by atoms with Gasteiger partial charge in [0, 0.05) is 10.9 Å². The van der Waals surface area contributed by atoms with E-state index in [-0.39, 0.29) is 11.5 Å². The first-order valence-electron chi connectivity index (χ1n) is 10.1. The van der Waals surface area contributed by atoms with Crippen molar-refractivity contribution in [3.8, 4) is 0 Å². The van der Waals surface area contributed by atoms with Crippen LogP contribution in [0.2, 0.25) is 0 Å². The van der Waals surface area contributed by atoms with E-state index in [1.807, 2.05) is 10.7 Å². The fraction of sp³-hybridized carbons (Fsp3) is 0.500. The van der Waals surface area contributed by atoms with Gasteiger partial charge in [-0.15, -0.1) is 23.1 Å². The Bertz CT molecular complexity index is 1110. The number of aromatic amines is 1. The highest BCUT2D eigenvalue weighted by molar-refractivity contribution is 7.99. The lowest BCUT2D eigenvalue weighted by Crippen LogP contribution is -2.19.